The third-order valence-electron chi connectivity index (χ3n) is 3.30. The molecule has 1 aromatic rings. The quantitative estimate of drug-likeness (QED) is 0.422. The fourth-order valence-corrected chi connectivity index (χ4v) is 1.72. The SMILES string of the molecule is CC/C(C)=C(\Oc1nc(OC)cc(OC)n1)C(=O)N[C@@H](C)C(=O)OC. The van der Waals surface area contributed by atoms with Gasteiger partial charge in [0.1, 0.15) is 6.04 Å². The van der Waals surface area contributed by atoms with Crippen LogP contribution in [0.4, 0.5) is 0 Å². The lowest BCUT2D eigenvalue weighted by molar-refractivity contribution is -0.144. The van der Waals surface area contributed by atoms with Crippen LogP contribution in [-0.4, -0.2) is 49.2 Å². The minimum Gasteiger partial charge on any atom is -0.481 e. The van der Waals surface area contributed by atoms with Gasteiger partial charge in [0.15, 0.2) is 5.76 Å². The van der Waals surface area contributed by atoms with E-state index in [4.69, 9.17) is 14.2 Å². The maximum atomic E-state index is 12.5. The predicted octanol–water partition coefficient (Wildman–Crippen LogP) is 1.23. The summed E-state index contributed by atoms with van der Waals surface area (Å²) in [6.45, 7) is 5.10. The van der Waals surface area contributed by atoms with Crippen molar-refractivity contribution in [2.24, 2.45) is 0 Å². The van der Waals surface area contributed by atoms with E-state index in [-0.39, 0.29) is 23.5 Å². The van der Waals surface area contributed by atoms with Crippen LogP contribution in [0.5, 0.6) is 17.8 Å². The fourth-order valence-electron chi connectivity index (χ4n) is 1.72. The van der Waals surface area contributed by atoms with Crippen molar-refractivity contribution in [3.63, 3.8) is 0 Å². The molecule has 0 aliphatic rings. The van der Waals surface area contributed by atoms with Gasteiger partial charge >= 0.3 is 12.0 Å². The second-order valence-corrected chi connectivity index (χ2v) is 5.02. The molecular formula is C16H23N3O6. The first-order valence-corrected chi connectivity index (χ1v) is 7.59. The molecule has 1 rings (SSSR count). The van der Waals surface area contributed by atoms with Crippen LogP contribution >= 0.6 is 0 Å². The van der Waals surface area contributed by atoms with E-state index in [9.17, 15) is 9.59 Å². The third kappa shape index (κ3) is 5.63. The number of hydrogen-bond donors (Lipinski definition) is 1. The summed E-state index contributed by atoms with van der Waals surface area (Å²) >= 11 is 0. The molecule has 0 aliphatic carbocycles. The Kier molecular flexibility index (Phi) is 7.64. The van der Waals surface area contributed by atoms with Crippen molar-refractivity contribution >= 4 is 11.9 Å². The topological polar surface area (TPSA) is 109 Å². The van der Waals surface area contributed by atoms with Crippen LogP contribution < -0.4 is 19.5 Å². The number of hydrogen-bond acceptors (Lipinski definition) is 8. The maximum Gasteiger partial charge on any atom is 0.328 e. The zero-order valence-corrected chi connectivity index (χ0v) is 15.2. The van der Waals surface area contributed by atoms with Gasteiger partial charge in [-0.05, 0) is 25.8 Å². The molecule has 0 saturated carbocycles. The summed E-state index contributed by atoms with van der Waals surface area (Å²) in [5.41, 5.74) is 0.653. The Morgan fingerprint density at radius 1 is 1.16 bits per heavy atom. The summed E-state index contributed by atoms with van der Waals surface area (Å²) in [5, 5.41) is 2.51. The van der Waals surface area contributed by atoms with E-state index in [1.54, 1.807) is 6.92 Å². The van der Waals surface area contributed by atoms with Crippen LogP contribution in [0.25, 0.3) is 0 Å². The predicted molar refractivity (Wildman–Crippen MR) is 88.4 cm³/mol. The van der Waals surface area contributed by atoms with E-state index >= 15 is 0 Å². The van der Waals surface area contributed by atoms with Gasteiger partial charge in [-0.1, -0.05) is 6.92 Å². The first-order chi connectivity index (χ1) is 11.9. The Morgan fingerprint density at radius 3 is 2.16 bits per heavy atom. The average molecular weight is 353 g/mol. The molecule has 1 atom stereocenters. The lowest BCUT2D eigenvalue weighted by Gasteiger charge is -2.15. The Hall–Kier alpha value is -2.84. The number of rotatable bonds is 8. The molecule has 1 amide bonds. The number of nitrogens with one attached hydrogen (secondary N) is 1. The zero-order valence-electron chi connectivity index (χ0n) is 15.2. The standard InChI is InChI=1S/C16H23N3O6/c1-7-9(2)13(14(20)17-10(3)15(21)24-6)25-16-18-11(22-4)8-12(19-16)23-5/h8,10H,7H2,1-6H3,(H,17,20)/b13-9-/t10-/m0/s1. The smallest absolute Gasteiger partial charge is 0.328 e. The molecule has 9 nitrogen and oxygen atoms in total. The Labute approximate surface area is 146 Å². The number of ether oxygens (including phenoxy) is 4. The second kappa shape index (κ2) is 9.45. The van der Waals surface area contributed by atoms with Gasteiger partial charge in [-0.15, -0.1) is 0 Å². The summed E-state index contributed by atoms with van der Waals surface area (Å²) in [5.74, 6) is -0.713. The van der Waals surface area contributed by atoms with Gasteiger partial charge in [-0.25, -0.2) is 4.79 Å². The van der Waals surface area contributed by atoms with Crippen LogP contribution in [0.1, 0.15) is 27.2 Å². The van der Waals surface area contributed by atoms with Crippen LogP contribution in [0.2, 0.25) is 0 Å². The van der Waals surface area contributed by atoms with E-state index in [0.29, 0.717) is 12.0 Å². The number of esters is 1. The van der Waals surface area contributed by atoms with Crippen molar-refractivity contribution in [1.29, 1.82) is 0 Å². The minimum atomic E-state index is -0.832. The molecule has 1 heterocycles. The average Bonchev–Trinajstić information content (AvgIpc) is 2.63. The highest BCUT2D eigenvalue weighted by Gasteiger charge is 2.22. The van der Waals surface area contributed by atoms with Crippen LogP contribution in [-0.2, 0) is 14.3 Å². The van der Waals surface area contributed by atoms with E-state index in [1.807, 2.05) is 6.92 Å². The molecule has 0 bridgehead atoms. The van der Waals surface area contributed by atoms with Gasteiger partial charge in [0.05, 0.1) is 27.4 Å². The number of carbonyl (C=O) groups excluding carboxylic acids is 2. The first kappa shape index (κ1) is 20.2. The van der Waals surface area contributed by atoms with Gasteiger partial charge in [-0.2, -0.15) is 9.97 Å². The van der Waals surface area contributed by atoms with Gasteiger partial charge in [0.2, 0.25) is 11.8 Å². The molecule has 0 spiro atoms. The molecule has 0 aromatic carbocycles. The molecule has 0 saturated heterocycles. The number of carbonyl (C=O) groups is 2. The minimum absolute atomic E-state index is 0.00596. The maximum absolute atomic E-state index is 12.5. The lowest BCUT2D eigenvalue weighted by Crippen LogP contribution is -2.41. The molecule has 0 radical (unpaired) electrons. The van der Waals surface area contributed by atoms with Crippen LogP contribution in [0.3, 0.4) is 0 Å². The molecule has 0 aliphatic heterocycles. The number of amides is 1. The molecular weight excluding hydrogens is 330 g/mol. The zero-order chi connectivity index (χ0) is 19.0. The Morgan fingerprint density at radius 2 is 1.72 bits per heavy atom. The van der Waals surface area contributed by atoms with Crippen molar-refractivity contribution in [2.45, 2.75) is 33.2 Å². The highest BCUT2D eigenvalue weighted by atomic mass is 16.5. The Bertz CT molecular complexity index is 637. The number of methoxy groups -OCH3 is 3. The second-order valence-electron chi connectivity index (χ2n) is 5.02. The van der Waals surface area contributed by atoms with Gasteiger partial charge in [0.25, 0.3) is 5.91 Å². The summed E-state index contributed by atoms with van der Waals surface area (Å²) < 4.78 is 20.2. The van der Waals surface area contributed by atoms with Crippen molar-refractivity contribution in [1.82, 2.24) is 15.3 Å². The number of aromatic nitrogens is 2. The molecule has 25 heavy (non-hydrogen) atoms. The summed E-state index contributed by atoms with van der Waals surface area (Å²) in [6, 6.07) is 0.531. The van der Waals surface area contributed by atoms with E-state index in [2.05, 4.69) is 20.0 Å². The van der Waals surface area contributed by atoms with Gasteiger partial charge in [-0.3, -0.25) is 4.79 Å². The van der Waals surface area contributed by atoms with Crippen molar-refractivity contribution in [3.8, 4) is 17.8 Å². The molecule has 0 unspecified atom stereocenters. The molecule has 9 heteroatoms. The normalized spacial score (nSPS) is 12.6. The molecule has 1 aromatic heterocycles. The Balaban J connectivity index is 3.10. The van der Waals surface area contributed by atoms with Gasteiger partial charge < -0.3 is 24.3 Å². The summed E-state index contributed by atoms with van der Waals surface area (Å²) in [6.07, 6.45) is 0.552. The van der Waals surface area contributed by atoms with Crippen LogP contribution in [0.15, 0.2) is 17.4 Å². The van der Waals surface area contributed by atoms with E-state index in [0.717, 1.165) is 0 Å². The highest BCUT2D eigenvalue weighted by molar-refractivity contribution is 5.95. The highest BCUT2D eigenvalue weighted by Crippen LogP contribution is 2.21. The van der Waals surface area contributed by atoms with E-state index < -0.39 is 17.9 Å². The van der Waals surface area contributed by atoms with Crippen molar-refractivity contribution in [2.75, 3.05) is 21.3 Å². The third-order valence-corrected chi connectivity index (χ3v) is 3.30. The molecule has 138 valence electrons. The van der Waals surface area contributed by atoms with Crippen molar-refractivity contribution < 1.29 is 28.5 Å². The largest absolute Gasteiger partial charge is 0.481 e. The van der Waals surface area contributed by atoms with Crippen LogP contribution in [0, 0.1) is 0 Å². The van der Waals surface area contributed by atoms with Gasteiger partial charge in [0, 0.05) is 0 Å². The first-order valence-electron chi connectivity index (χ1n) is 7.59. The fraction of sp³-hybridized carbons (Fsp3) is 0.500. The molecule has 1 N–H and O–H groups in total. The molecule has 0 fully saturated rings. The summed E-state index contributed by atoms with van der Waals surface area (Å²) in [7, 11) is 4.11. The number of nitrogens with zero attached hydrogens (tertiary/aromatic N) is 2. The number of allylic oxidation sites excluding steroid dienone is 1. The van der Waals surface area contributed by atoms with E-state index in [1.165, 1.54) is 34.3 Å². The monoisotopic (exact) mass is 353 g/mol. The lowest BCUT2D eigenvalue weighted by atomic mass is 10.2. The summed E-state index contributed by atoms with van der Waals surface area (Å²) in [4.78, 5) is 32.0. The van der Waals surface area contributed by atoms with Crippen molar-refractivity contribution in [3.05, 3.63) is 17.4 Å².